The van der Waals surface area contributed by atoms with Gasteiger partial charge in [0.05, 0.1) is 26.2 Å². The van der Waals surface area contributed by atoms with Crippen molar-refractivity contribution >= 4 is 40.8 Å². The maximum Gasteiger partial charge on any atom is 0.337 e. The molecule has 3 rings (SSSR count). The van der Waals surface area contributed by atoms with Crippen LogP contribution in [0.5, 0.6) is 5.75 Å². The fourth-order valence-electron chi connectivity index (χ4n) is 3.46. The van der Waals surface area contributed by atoms with Gasteiger partial charge in [-0.25, -0.2) is 4.79 Å². The monoisotopic (exact) mass is 455 g/mol. The molecule has 0 aromatic heterocycles. The van der Waals surface area contributed by atoms with Gasteiger partial charge in [0.1, 0.15) is 11.8 Å². The number of nitrogens with one attached hydrogen (secondary N) is 1. The summed E-state index contributed by atoms with van der Waals surface area (Å²) in [5, 5.41) is 3.17. The third-order valence-electron chi connectivity index (χ3n) is 5.29. The highest BCUT2D eigenvalue weighted by Crippen LogP contribution is 2.21. The summed E-state index contributed by atoms with van der Waals surface area (Å²) in [4.78, 5) is 40.1. The van der Waals surface area contributed by atoms with Crippen molar-refractivity contribution in [3.8, 4) is 5.75 Å². The fraction of sp³-hybridized carbons (Fsp3) is 0.304. The smallest absolute Gasteiger partial charge is 0.337 e. The van der Waals surface area contributed by atoms with Crippen molar-refractivity contribution < 1.29 is 23.9 Å². The molecule has 0 saturated carbocycles. The minimum absolute atomic E-state index is 0.0370. The Hall–Kier alpha value is -3.46. The zero-order valence-corrected chi connectivity index (χ0v) is 19.0. The molecule has 1 N–H and O–H groups in total. The lowest BCUT2D eigenvalue weighted by Gasteiger charge is -2.23. The number of benzene rings is 2. The molecule has 2 amide bonds. The first-order chi connectivity index (χ1) is 15.3. The fourth-order valence-corrected chi connectivity index (χ4v) is 3.77. The SMILES string of the molecule is COC(=O)c1ccc(NC(=O)C[C@@H]2C(=O)N(C)C(=S)N2CCc2ccc(OC)cc2)cc1. The van der Waals surface area contributed by atoms with Crippen LogP contribution in [0.25, 0.3) is 0 Å². The number of carbonyl (C=O) groups excluding carboxylic acids is 3. The molecule has 1 heterocycles. The molecule has 1 fully saturated rings. The normalized spacial score (nSPS) is 15.7. The van der Waals surface area contributed by atoms with Gasteiger partial charge in [-0.05, 0) is 60.6 Å². The zero-order chi connectivity index (χ0) is 23.3. The number of rotatable bonds is 8. The average Bonchev–Trinajstić information content (AvgIpc) is 3.01. The second-order valence-corrected chi connectivity index (χ2v) is 7.67. The number of nitrogens with zero attached hydrogens (tertiary/aromatic N) is 2. The van der Waals surface area contributed by atoms with E-state index in [-0.39, 0.29) is 18.2 Å². The van der Waals surface area contributed by atoms with Crippen LogP contribution in [0.1, 0.15) is 22.3 Å². The van der Waals surface area contributed by atoms with Gasteiger partial charge in [0.15, 0.2) is 5.11 Å². The Morgan fingerprint density at radius 2 is 1.72 bits per heavy atom. The number of methoxy groups -OCH3 is 2. The summed E-state index contributed by atoms with van der Waals surface area (Å²) in [5.41, 5.74) is 1.98. The summed E-state index contributed by atoms with van der Waals surface area (Å²) in [5.74, 6) is -0.208. The largest absolute Gasteiger partial charge is 0.497 e. The first-order valence-electron chi connectivity index (χ1n) is 10.0. The van der Waals surface area contributed by atoms with Crippen LogP contribution in [-0.4, -0.2) is 66.5 Å². The van der Waals surface area contributed by atoms with Crippen LogP contribution in [-0.2, 0) is 20.7 Å². The molecule has 2 aromatic rings. The molecule has 0 aliphatic carbocycles. The predicted molar refractivity (Wildman–Crippen MR) is 124 cm³/mol. The summed E-state index contributed by atoms with van der Waals surface area (Å²) in [6.45, 7) is 0.507. The van der Waals surface area contributed by atoms with Crippen LogP contribution >= 0.6 is 12.2 Å². The second kappa shape index (κ2) is 10.2. The van der Waals surface area contributed by atoms with E-state index in [1.54, 1.807) is 43.3 Å². The standard InChI is InChI=1S/C23H25N3O5S/c1-25-21(28)19(14-20(27)24-17-8-6-16(7-9-17)22(29)31-3)26(23(25)32)13-12-15-4-10-18(30-2)11-5-15/h4-11,19H,12-14H2,1-3H3,(H,24,27)/t19-/m1/s1. The summed E-state index contributed by atoms with van der Waals surface area (Å²) in [6.07, 6.45) is 0.628. The summed E-state index contributed by atoms with van der Waals surface area (Å²) in [7, 11) is 4.54. The number of hydrogen-bond acceptors (Lipinski definition) is 6. The molecule has 0 radical (unpaired) electrons. The van der Waals surface area contributed by atoms with Gasteiger partial charge in [0, 0.05) is 19.3 Å². The quantitative estimate of drug-likeness (QED) is 0.483. The van der Waals surface area contributed by atoms with E-state index in [2.05, 4.69) is 10.1 Å². The van der Waals surface area contributed by atoms with E-state index < -0.39 is 12.0 Å². The third kappa shape index (κ3) is 5.23. The highest BCUT2D eigenvalue weighted by atomic mass is 32.1. The van der Waals surface area contributed by atoms with E-state index in [4.69, 9.17) is 17.0 Å². The van der Waals surface area contributed by atoms with Crippen molar-refractivity contribution in [1.29, 1.82) is 0 Å². The third-order valence-corrected chi connectivity index (χ3v) is 5.80. The Bertz CT molecular complexity index is 1010. The van der Waals surface area contributed by atoms with Gasteiger partial charge >= 0.3 is 5.97 Å². The van der Waals surface area contributed by atoms with Crippen molar-refractivity contribution in [3.05, 3.63) is 59.7 Å². The lowest BCUT2D eigenvalue weighted by molar-refractivity contribution is -0.130. The van der Waals surface area contributed by atoms with Crippen molar-refractivity contribution in [2.45, 2.75) is 18.9 Å². The predicted octanol–water partition coefficient (Wildman–Crippen LogP) is 2.48. The summed E-state index contributed by atoms with van der Waals surface area (Å²) >= 11 is 5.44. The van der Waals surface area contributed by atoms with Crippen LogP contribution in [0.2, 0.25) is 0 Å². The molecule has 1 saturated heterocycles. The maximum absolute atomic E-state index is 12.7. The minimum atomic E-state index is -0.667. The molecule has 32 heavy (non-hydrogen) atoms. The number of anilines is 1. The molecule has 2 aromatic carbocycles. The van der Waals surface area contributed by atoms with Crippen LogP contribution in [0.4, 0.5) is 5.69 Å². The van der Waals surface area contributed by atoms with Gasteiger partial charge in [0.25, 0.3) is 5.91 Å². The average molecular weight is 456 g/mol. The topological polar surface area (TPSA) is 88.2 Å². The Kier molecular flexibility index (Phi) is 7.42. The Morgan fingerprint density at radius 3 is 2.31 bits per heavy atom. The Morgan fingerprint density at radius 1 is 1.06 bits per heavy atom. The van der Waals surface area contributed by atoms with Crippen LogP contribution in [0.3, 0.4) is 0 Å². The van der Waals surface area contributed by atoms with E-state index >= 15 is 0 Å². The van der Waals surface area contributed by atoms with Crippen molar-refractivity contribution in [1.82, 2.24) is 9.80 Å². The second-order valence-electron chi connectivity index (χ2n) is 7.31. The lowest BCUT2D eigenvalue weighted by atomic mass is 10.1. The molecule has 9 heteroatoms. The van der Waals surface area contributed by atoms with E-state index in [1.165, 1.54) is 12.0 Å². The number of ether oxygens (including phenoxy) is 2. The van der Waals surface area contributed by atoms with Gasteiger partial charge in [-0.15, -0.1) is 0 Å². The molecule has 1 aliphatic rings. The van der Waals surface area contributed by atoms with Gasteiger partial charge < -0.3 is 19.7 Å². The van der Waals surface area contributed by atoms with Crippen molar-refractivity contribution in [2.75, 3.05) is 33.1 Å². The van der Waals surface area contributed by atoms with Gasteiger partial charge in [-0.2, -0.15) is 0 Å². The summed E-state index contributed by atoms with van der Waals surface area (Å²) in [6, 6.07) is 13.4. The number of esters is 1. The molecule has 0 bridgehead atoms. The van der Waals surface area contributed by atoms with E-state index in [1.807, 2.05) is 24.3 Å². The maximum atomic E-state index is 12.7. The molecular weight excluding hydrogens is 430 g/mol. The number of amides is 2. The van der Waals surface area contributed by atoms with Crippen LogP contribution in [0, 0.1) is 0 Å². The first kappa shape index (κ1) is 23.2. The number of carbonyl (C=O) groups is 3. The van der Waals surface area contributed by atoms with E-state index in [0.29, 0.717) is 29.3 Å². The van der Waals surface area contributed by atoms with Crippen molar-refractivity contribution in [2.24, 2.45) is 0 Å². The van der Waals surface area contributed by atoms with Gasteiger partial charge in [0.2, 0.25) is 5.91 Å². The molecular formula is C23H25N3O5S. The molecule has 8 nitrogen and oxygen atoms in total. The zero-order valence-electron chi connectivity index (χ0n) is 18.2. The highest BCUT2D eigenvalue weighted by molar-refractivity contribution is 7.80. The molecule has 1 atom stereocenters. The van der Waals surface area contributed by atoms with Crippen LogP contribution < -0.4 is 10.1 Å². The molecule has 0 unspecified atom stereocenters. The minimum Gasteiger partial charge on any atom is -0.497 e. The van der Waals surface area contributed by atoms with Gasteiger partial charge in [-0.3, -0.25) is 14.5 Å². The van der Waals surface area contributed by atoms with Gasteiger partial charge in [-0.1, -0.05) is 12.1 Å². The number of likely N-dealkylation sites (N-methyl/N-ethyl adjacent to an activating group) is 1. The van der Waals surface area contributed by atoms with Crippen LogP contribution in [0.15, 0.2) is 48.5 Å². The first-order valence-corrected chi connectivity index (χ1v) is 10.4. The lowest BCUT2D eigenvalue weighted by Crippen LogP contribution is -2.39. The number of thiocarbonyl (C=S) groups is 1. The van der Waals surface area contributed by atoms with Crippen molar-refractivity contribution in [3.63, 3.8) is 0 Å². The molecule has 0 spiro atoms. The molecule has 1 aliphatic heterocycles. The number of hydrogen-bond donors (Lipinski definition) is 1. The summed E-state index contributed by atoms with van der Waals surface area (Å²) < 4.78 is 9.84. The van der Waals surface area contributed by atoms with E-state index in [0.717, 1.165) is 11.3 Å². The highest BCUT2D eigenvalue weighted by Gasteiger charge is 2.41. The van der Waals surface area contributed by atoms with E-state index in [9.17, 15) is 14.4 Å². The Labute approximate surface area is 192 Å². The Balaban J connectivity index is 1.64. The molecule has 168 valence electrons.